The molecule has 2 aromatic heterocycles. The average molecular weight is 365 g/mol. The minimum Gasteiger partial charge on any atom is -0.322 e. The summed E-state index contributed by atoms with van der Waals surface area (Å²) in [7, 11) is 0. The van der Waals surface area contributed by atoms with Gasteiger partial charge in [-0.25, -0.2) is 4.68 Å². The topological polar surface area (TPSA) is 72.7 Å². The van der Waals surface area contributed by atoms with Gasteiger partial charge in [-0.1, -0.05) is 12.1 Å². The number of thiophene rings is 1. The van der Waals surface area contributed by atoms with Gasteiger partial charge in [0, 0.05) is 21.5 Å². The van der Waals surface area contributed by atoms with Gasteiger partial charge in [0.05, 0.1) is 11.6 Å². The molecule has 6 nitrogen and oxygen atoms in total. The second kappa shape index (κ2) is 6.32. The molecular weight excluding hydrogens is 346 g/mol. The summed E-state index contributed by atoms with van der Waals surface area (Å²) in [6.45, 7) is 0. The Kier molecular flexibility index (Phi) is 3.81. The molecule has 0 aliphatic heterocycles. The number of nitrogens with zero attached hydrogens (tertiary/aromatic N) is 4. The number of benzene rings is 1. The average Bonchev–Trinajstić information content (AvgIpc) is 3.23. The van der Waals surface area contributed by atoms with Gasteiger partial charge in [0.2, 0.25) is 0 Å². The van der Waals surface area contributed by atoms with Gasteiger partial charge < -0.3 is 5.32 Å². The predicted molar refractivity (Wildman–Crippen MR) is 100 cm³/mol. The molecule has 132 valence electrons. The fourth-order valence-corrected chi connectivity index (χ4v) is 4.69. The zero-order valence-corrected chi connectivity index (χ0v) is 15.1. The summed E-state index contributed by atoms with van der Waals surface area (Å²) in [4.78, 5) is 14.2. The Bertz CT molecular complexity index is 972. The lowest BCUT2D eigenvalue weighted by Gasteiger charge is -2.13. The molecule has 2 heterocycles. The van der Waals surface area contributed by atoms with Crippen LogP contribution in [0, 0.1) is 0 Å². The van der Waals surface area contributed by atoms with Crippen molar-refractivity contribution in [2.24, 2.45) is 0 Å². The predicted octanol–water partition coefficient (Wildman–Crippen LogP) is 3.87. The van der Waals surface area contributed by atoms with E-state index in [0.29, 0.717) is 6.04 Å². The van der Waals surface area contributed by atoms with E-state index < -0.39 is 0 Å². The van der Waals surface area contributed by atoms with E-state index in [-0.39, 0.29) is 5.91 Å². The first-order valence-electron chi connectivity index (χ1n) is 9.08. The highest BCUT2D eigenvalue weighted by atomic mass is 32.1. The third-order valence-electron chi connectivity index (χ3n) is 5.07. The van der Waals surface area contributed by atoms with Crippen molar-refractivity contribution >= 4 is 22.9 Å². The summed E-state index contributed by atoms with van der Waals surface area (Å²) < 4.78 is 1.89. The number of hydrogen-bond acceptors (Lipinski definition) is 5. The molecule has 2 aliphatic carbocycles. The van der Waals surface area contributed by atoms with E-state index in [4.69, 9.17) is 0 Å². The van der Waals surface area contributed by atoms with Crippen molar-refractivity contribution in [3.63, 3.8) is 0 Å². The first-order chi connectivity index (χ1) is 12.8. The van der Waals surface area contributed by atoms with Crippen LogP contribution in [0.1, 0.15) is 52.5 Å². The maximum absolute atomic E-state index is 12.8. The number of amides is 1. The van der Waals surface area contributed by atoms with Crippen LogP contribution in [0.3, 0.4) is 0 Å². The lowest BCUT2D eigenvalue weighted by atomic mass is 9.95. The van der Waals surface area contributed by atoms with Crippen molar-refractivity contribution in [3.8, 4) is 11.4 Å². The molecule has 0 spiro atoms. The maximum Gasteiger partial charge on any atom is 0.256 e. The summed E-state index contributed by atoms with van der Waals surface area (Å²) in [6.07, 6.45) is 6.76. The first kappa shape index (κ1) is 15.7. The molecule has 1 N–H and O–H groups in total. The molecule has 3 aromatic rings. The molecule has 0 radical (unpaired) electrons. The van der Waals surface area contributed by atoms with E-state index >= 15 is 0 Å². The lowest BCUT2D eigenvalue weighted by Crippen LogP contribution is -2.14. The van der Waals surface area contributed by atoms with E-state index in [2.05, 4.69) is 20.8 Å². The van der Waals surface area contributed by atoms with Crippen LogP contribution in [0.4, 0.5) is 5.69 Å². The molecule has 1 fully saturated rings. The Balaban J connectivity index is 1.40. The summed E-state index contributed by atoms with van der Waals surface area (Å²) in [5.74, 6) is 0.736. The van der Waals surface area contributed by atoms with Crippen LogP contribution in [-0.2, 0) is 12.8 Å². The number of anilines is 1. The fraction of sp³-hybridized carbons (Fsp3) is 0.368. The minimum absolute atomic E-state index is 0.0247. The molecule has 0 unspecified atom stereocenters. The van der Waals surface area contributed by atoms with E-state index in [9.17, 15) is 4.79 Å². The molecule has 1 amide bonds. The molecule has 1 aromatic carbocycles. The van der Waals surface area contributed by atoms with Crippen molar-refractivity contribution < 1.29 is 4.79 Å². The van der Waals surface area contributed by atoms with Gasteiger partial charge in [-0.2, -0.15) is 0 Å². The monoisotopic (exact) mass is 365 g/mol. The second-order valence-electron chi connectivity index (χ2n) is 6.97. The van der Waals surface area contributed by atoms with Crippen LogP contribution < -0.4 is 5.32 Å². The van der Waals surface area contributed by atoms with Gasteiger partial charge in [0.25, 0.3) is 5.91 Å². The van der Waals surface area contributed by atoms with Crippen molar-refractivity contribution in [1.82, 2.24) is 20.2 Å². The summed E-state index contributed by atoms with van der Waals surface area (Å²) in [5, 5.41) is 17.1. The largest absolute Gasteiger partial charge is 0.322 e. The molecule has 0 atom stereocenters. The van der Waals surface area contributed by atoms with Crippen LogP contribution >= 0.6 is 11.3 Å². The fourth-order valence-electron chi connectivity index (χ4n) is 3.57. The van der Waals surface area contributed by atoms with Gasteiger partial charge in [0.15, 0.2) is 5.82 Å². The van der Waals surface area contributed by atoms with Crippen LogP contribution in [0.15, 0.2) is 29.6 Å². The maximum atomic E-state index is 12.8. The number of nitrogens with one attached hydrogen (secondary N) is 1. The molecule has 7 heteroatoms. The normalized spacial score (nSPS) is 16.3. The Morgan fingerprint density at radius 2 is 2.12 bits per heavy atom. The van der Waals surface area contributed by atoms with Gasteiger partial charge in [-0.3, -0.25) is 4.79 Å². The number of carbonyl (C=O) groups is 1. The van der Waals surface area contributed by atoms with Gasteiger partial charge in [-0.15, -0.1) is 16.4 Å². The summed E-state index contributed by atoms with van der Waals surface area (Å²) in [6, 6.07) is 8.18. The van der Waals surface area contributed by atoms with Gasteiger partial charge in [-0.05, 0) is 66.6 Å². The number of aryl methyl sites for hydroxylation is 1. The highest BCUT2D eigenvalue weighted by molar-refractivity contribution is 7.10. The number of hydrogen-bond donors (Lipinski definition) is 1. The van der Waals surface area contributed by atoms with E-state index in [1.54, 1.807) is 11.3 Å². The minimum atomic E-state index is -0.0247. The van der Waals surface area contributed by atoms with E-state index in [0.717, 1.165) is 48.3 Å². The third-order valence-corrected chi connectivity index (χ3v) is 6.16. The molecule has 2 aliphatic rings. The molecule has 0 saturated heterocycles. The van der Waals surface area contributed by atoms with E-state index in [1.165, 1.54) is 23.3 Å². The Morgan fingerprint density at radius 1 is 1.23 bits per heavy atom. The van der Waals surface area contributed by atoms with Gasteiger partial charge >= 0.3 is 0 Å². The highest BCUT2D eigenvalue weighted by Gasteiger charge is 2.28. The van der Waals surface area contributed by atoms with E-state index in [1.807, 2.05) is 34.3 Å². The van der Waals surface area contributed by atoms with Crippen LogP contribution in [0.25, 0.3) is 11.4 Å². The zero-order valence-electron chi connectivity index (χ0n) is 14.3. The Labute approximate surface area is 155 Å². The van der Waals surface area contributed by atoms with Crippen LogP contribution in [0.5, 0.6) is 0 Å². The molecule has 5 rings (SSSR count). The number of carbonyl (C=O) groups excluding carboxylic acids is 1. The number of rotatable bonds is 4. The summed E-state index contributed by atoms with van der Waals surface area (Å²) in [5.41, 5.74) is 3.77. The van der Waals surface area contributed by atoms with Crippen LogP contribution in [-0.4, -0.2) is 26.1 Å². The SMILES string of the molecule is O=C(Nc1cccc(-c2nnnn2C2CC2)c1)c1csc2c1CCCC2. The van der Waals surface area contributed by atoms with Crippen LogP contribution in [0.2, 0.25) is 0 Å². The number of fused-ring (bicyclic) bond motifs is 1. The van der Waals surface area contributed by atoms with Crippen molar-refractivity contribution in [2.75, 3.05) is 5.32 Å². The number of tetrazole rings is 1. The van der Waals surface area contributed by atoms with Gasteiger partial charge in [0.1, 0.15) is 0 Å². The first-order valence-corrected chi connectivity index (χ1v) is 9.96. The highest BCUT2D eigenvalue weighted by Crippen LogP contribution is 2.37. The molecule has 1 saturated carbocycles. The molecular formula is C19H19N5OS. The second-order valence-corrected chi connectivity index (χ2v) is 7.94. The lowest BCUT2D eigenvalue weighted by molar-refractivity contribution is 0.102. The Morgan fingerprint density at radius 3 is 3.00 bits per heavy atom. The van der Waals surface area contributed by atoms with Crippen molar-refractivity contribution in [3.05, 3.63) is 45.6 Å². The smallest absolute Gasteiger partial charge is 0.256 e. The standard InChI is InChI=1S/C19H19N5OS/c25-19(16-11-26-17-7-2-1-6-15(16)17)20-13-5-3-4-12(10-13)18-21-22-23-24(18)14-8-9-14/h3-5,10-11,14H,1-2,6-9H2,(H,20,25). The zero-order chi connectivity index (χ0) is 17.5. The number of aromatic nitrogens is 4. The quantitative estimate of drug-likeness (QED) is 0.762. The molecule has 26 heavy (non-hydrogen) atoms. The van der Waals surface area contributed by atoms with Crippen molar-refractivity contribution in [2.45, 2.75) is 44.6 Å². The van der Waals surface area contributed by atoms with Crippen molar-refractivity contribution in [1.29, 1.82) is 0 Å². The third kappa shape index (κ3) is 2.82. The molecule has 0 bridgehead atoms. The summed E-state index contributed by atoms with van der Waals surface area (Å²) >= 11 is 1.71. The Hall–Kier alpha value is -2.54.